The van der Waals surface area contributed by atoms with Crippen LogP contribution in [0.1, 0.15) is 61.8 Å². The van der Waals surface area contributed by atoms with Gasteiger partial charge in [0.25, 0.3) is 0 Å². The minimum atomic E-state index is -1.83. The molecule has 0 aliphatic carbocycles. The van der Waals surface area contributed by atoms with Crippen molar-refractivity contribution in [3.05, 3.63) is 0 Å². The van der Waals surface area contributed by atoms with Gasteiger partial charge in [-0.25, -0.2) is 4.79 Å². The van der Waals surface area contributed by atoms with Crippen LogP contribution in [0.4, 0.5) is 0 Å². The molecule has 0 spiro atoms. The number of esters is 5. The summed E-state index contributed by atoms with van der Waals surface area (Å²) in [5.74, 6) is -4.46. The number of rotatable bonds is 11. The van der Waals surface area contributed by atoms with Crippen molar-refractivity contribution < 1.29 is 57.2 Å². The standard InChI is InChI=1S/C24H37NO12S2/c1-12(26)25-19-17(34-14(3)28)10-24(22(31)32-9,39-38-23(6,7)8)37-21(19)20(36-16(5)30)18(35-15(4)29)11-33-13(2)27/h17-21H,10-11H2,1-9H3,(H,25,26)/t17-,18+,19+,20+,21+,24-/m0/s1. The van der Waals surface area contributed by atoms with Gasteiger partial charge in [-0.15, -0.1) is 0 Å². The molecular formula is C24H37NO12S2. The first-order valence-electron chi connectivity index (χ1n) is 12.0. The van der Waals surface area contributed by atoms with Crippen molar-refractivity contribution in [2.75, 3.05) is 13.7 Å². The van der Waals surface area contributed by atoms with Crippen molar-refractivity contribution in [1.29, 1.82) is 0 Å². The molecule has 39 heavy (non-hydrogen) atoms. The first kappa shape index (κ1) is 34.5. The molecule has 1 aliphatic rings. The normalized spacial score (nSPS) is 24.4. The molecule has 1 aliphatic heterocycles. The van der Waals surface area contributed by atoms with E-state index in [1.165, 1.54) is 17.7 Å². The fraction of sp³-hybridized carbons (Fsp3) is 0.750. The lowest BCUT2D eigenvalue weighted by atomic mass is 9.89. The number of ether oxygens (including phenoxy) is 6. The van der Waals surface area contributed by atoms with Crippen LogP contribution in [-0.2, 0) is 57.2 Å². The molecule has 0 unspecified atom stereocenters. The molecule has 0 saturated carbocycles. The molecule has 1 rings (SSSR count). The fourth-order valence-corrected chi connectivity index (χ4v) is 6.27. The molecule has 0 aromatic carbocycles. The lowest BCUT2D eigenvalue weighted by molar-refractivity contribution is -0.223. The predicted molar refractivity (Wildman–Crippen MR) is 140 cm³/mol. The molecule has 1 heterocycles. The number of amides is 1. The summed E-state index contributed by atoms with van der Waals surface area (Å²) in [7, 11) is 3.43. The number of methoxy groups -OCH3 is 1. The van der Waals surface area contributed by atoms with Crippen LogP contribution >= 0.6 is 21.6 Å². The van der Waals surface area contributed by atoms with Gasteiger partial charge in [0.1, 0.15) is 18.8 Å². The molecule has 13 nitrogen and oxygen atoms in total. The number of nitrogens with one attached hydrogen (secondary N) is 1. The summed E-state index contributed by atoms with van der Waals surface area (Å²) < 4.78 is 32.4. The first-order valence-corrected chi connectivity index (χ1v) is 14.1. The van der Waals surface area contributed by atoms with Crippen LogP contribution in [0.15, 0.2) is 0 Å². The van der Waals surface area contributed by atoms with Gasteiger partial charge in [-0.2, -0.15) is 0 Å². The molecule has 0 aromatic heterocycles. The SMILES string of the molecule is COC(=O)[C@@]1(SSC(C)(C)C)C[C@H](OC(C)=O)[C@@H](NC(C)=O)[C@H]([C@H](OC(C)=O)[C@@H](COC(C)=O)OC(C)=O)O1. The monoisotopic (exact) mass is 595 g/mol. The largest absolute Gasteiger partial charge is 0.466 e. The number of hydrogen-bond acceptors (Lipinski definition) is 14. The molecule has 6 atom stereocenters. The zero-order valence-electron chi connectivity index (χ0n) is 23.5. The average molecular weight is 596 g/mol. The number of hydrogen-bond donors (Lipinski definition) is 1. The second-order valence-corrected chi connectivity index (χ2v) is 12.9. The van der Waals surface area contributed by atoms with E-state index in [4.69, 9.17) is 28.4 Å². The highest BCUT2D eigenvalue weighted by Crippen LogP contribution is 2.51. The van der Waals surface area contributed by atoms with Crippen LogP contribution < -0.4 is 5.32 Å². The highest BCUT2D eigenvalue weighted by Gasteiger charge is 2.59. The highest BCUT2D eigenvalue weighted by atomic mass is 33.1. The molecule has 1 amide bonds. The second-order valence-electron chi connectivity index (χ2n) is 9.71. The third-order valence-corrected chi connectivity index (χ3v) is 8.76. The van der Waals surface area contributed by atoms with Gasteiger partial charge in [0, 0.05) is 45.8 Å². The fourth-order valence-electron chi connectivity index (χ4n) is 3.68. The van der Waals surface area contributed by atoms with E-state index in [-0.39, 0.29) is 11.2 Å². The summed E-state index contributed by atoms with van der Waals surface area (Å²) in [6.45, 7) is 10.8. The first-order chi connectivity index (χ1) is 17.9. The molecule has 0 bridgehead atoms. The molecule has 0 aromatic rings. The highest BCUT2D eigenvalue weighted by molar-refractivity contribution is 8.77. The minimum absolute atomic E-state index is 0.247. The Balaban J connectivity index is 3.84. The Labute approximate surface area is 235 Å². The third kappa shape index (κ3) is 11.2. The smallest absolute Gasteiger partial charge is 0.349 e. The van der Waals surface area contributed by atoms with E-state index in [0.29, 0.717) is 0 Å². The molecule has 0 radical (unpaired) electrons. The van der Waals surface area contributed by atoms with E-state index in [1.54, 1.807) is 0 Å². The Morgan fingerprint density at radius 2 is 1.54 bits per heavy atom. The summed E-state index contributed by atoms with van der Waals surface area (Å²) in [4.78, 5) is 71.5. The lowest BCUT2D eigenvalue weighted by Crippen LogP contribution is -2.68. The Kier molecular flexibility index (Phi) is 13.0. The summed E-state index contributed by atoms with van der Waals surface area (Å²) >= 11 is 0. The van der Waals surface area contributed by atoms with Gasteiger partial charge in [0.05, 0.1) is 13.2 Å². The van der Waals surface area contributed by atoms with Crippen LogP contribution in [0, 0.1) is 0 Å². The van der Waals surface area contributed by atoms with E-state index in [1.807, 2.05) is 20.8 Å². The maximum atomic E-state index is 13.2. The van der Waals surface area contributed by atoms with Crippen LogP contribution in [0.5, 0.6) is 0 Å². The van der Waals surface area contributed by atoms with Crippen molar-refractivity contribution >= 4 is 57.3 Å². The minimum Gasteiger partial charge on any atom is -0.466 e. The van der Waals surface area contributed by atoms with Crippen molar-refractivity contribution in [3.8, 4) is 0 Å². The van der Waals surface area contributed by atoms with Crippen molar-refractivity contribution in [2.45, 2.75) is 102 Å². The van der Waals surface area contributed by atoms with Gasteiger partial charge < -0.3 is 33.7 Å². The van der Waals surface area contributed by atoms with Gasteiger partial charge >= 0.3 is 29.8 Å². The maximum Gasteiger partial charge on any atom is 0.349 e. The Hall–Kier alpha value is -2.52. The molecular weight excluding hydrogens is 558 g/mol. The zero-order chi connectivity index (χ0) is 30.1. The van der Waals surface area contributed by atoms with E-state index in [2.05, 4.69) is 5.32 Å². The van der Waals surface area contributed by atoms with Gasteiger partial charge in [-0.3, -0.25) is 24.0 Å². The number of carbonyl (C=O) groups excluding carboxylic acids is 6. The van der Waals surface area contributed by atoms with Crippen LogP contribution in [0.3, 0.4) is 0 Å². The van der Waals surface area contributed by atoms with E-state index in [0.717, 1.165) is 45.6 Å². The average Bonchev–Trinajstić information content (AvgIpc) is 2.78. The van der Waals surface area contributed by atoms with Gasteiger partial charge in [-0.1, -0.05) is 31.6 Å². The topological polar surface area (TPSA) is 170 Å². The Morgan fingerprint density at radius 3 is 1.97 bits per heavy atom. The third-order valence-electron chi connectivity index (χ3n) is 4.92. The Morgan fingerprint density at radius 1 is 0.949 bits per heavy atom. The molecule has 15 heteroatoms. The quantitative estimate of drug-likeness (QED) is 0.208. The van der Waals surface area contributed by atoms with Gasteiger partial charge in [-0.05, 0) is 10.8 Å². The van der Waals surface area contributed by atoms with Gasteiger partial charge in [0.15, 0.2) is 12.2 Å². The summed E-state index contributed by atoms with van der Waals surface area (Å²) in [6, 6.07) is -1.19. The van der Waals surface area contributed by atoms with Crippen molar-refractivity contribution in [2.24, 2.45) is 0 Å². The molecule has 1 N–H and O–H groups in total. The van der Waals surface area contributed by atoms with Crippen molar-refractivity contribution in [1.82, 2.24) is 5.32 Å². The van der Waals surface area contributed by atoms with E-state index >= 15 is 0 Å². The maximum absolute atomic E-state index is 13.2. The molecule has 1 fully saturated rings. The van der Waals surface area contributed by atoms with E-state index in [9.17, 15) is 28.8 Å². The number of carbonyl (C=O) groups is 6. The summed E-state index contributed by atoms with van der Waals surface area (Å²) in [5, 5.41) is 2.63. The van der Waals surface area contributed by atoms with Crippen LogP contribution in [-0.4, -0.2) is 89.6 Å². The van der Waals surface area contributed by atoms with Crippen molar-refractivity contribution in [3.63, 3.8) is 0 Å². The summed E-state index contributed by atoms with van der Waals surface area (Å²) in [6.07, 6.45) is -5.85. The van der Waals surface area contributed by atoms with E-state index < -0.39 is 77.8 Å². The van der Waals surface area contributed by atoms with Crippen LogP contribution in [0.25, 0.3) is 0 Å². The Bertz CT molecular complexity index is 937. The zero-order valence-corrected chi connectivity index (χ0v) is 25.1. The van der Waals surface area contributed by atoms with Gasteiger partial charge in [0.2, 0.25) is 10.8 Å². The molecule has 1 saturated heterocycles. The molecule has 222 valence electrons. The van der Waals surface area contributed by atoms with Crippen LogP contribution in [0.2, 0.25) is 0 Å². The summed E-state index contributed by atoms with van der Waals surface area (Å²) in [5.41, 5.74) is 0. The predicted octanol–water partition coefficient (Wildman–Crippen LogP) is 1.69. The lowest BCUT2D eigenvalue weighted by Gasteiger charge is -2.48. The second kappa shape index (κ2) is 14.7.